The van der Waals surface area contributed by atoms with Crippen molar-refractivity contribution in [2.75, 3.05) is 18.0 Å². The van der Waals surface area contributed by atoms with Crippen LogP contribution in [0.4, 0.5) is 5.69 Å². The Balaban J connectivity index is 0.00000169. The summed E-state index contributed by atoms with van der Waals surface area (Å²) in [5, 5.41) is 3.35. The second-order valence-corrected chi connectivity index (χ2v) is 6.54. The molecule has 124 valence electrons. The lowest BCUT2D eigenvalue weighted by molar-refractivity contribution is 0.678. The summed E-state index contributed by atoms with van der Waals surface area (Å²) in [5.74, 6) is 0. The number of rotatable bonds is 3. The summed E-state index contributed by atoms with van der Waals surface area (Å²) < 4.78 is 0. The van der Waals surface area contributed by atoms with Crippen molar-refractivity contribution < 1.29 is 0 Å². The third-order valence-electron chi connectivity index (χ3n) is 4.59. The number of anilines is 1. The summed E-state index contributed by atoms with van der Waals surface area (Å²) in [6.07, 6.45) is 5.30. The smallest absolute Gasteiger partial charge is 0.0665 e. The Morgan fingerprint density at radius 1 is 1.04 bits per heavy atom. The van der Waals surface area contributed by atoms with Crippen LogP contribution in [0.3, 0.4) is 0 Å². The molecule has 3 aromatic rings. The monoisotopic (exact) mass is 358 g/mol. The number of nitrogens with zero attached hydrogens (tertiary/aromatic N) is 2. The Labute approximate surface area is 153 Å². The first-order chi connectivity index (χ1) is 11.3. The van der Waals surface area contributed by atoms with Crippen LogP contribution in [0, 0.1) is 0 Å². The molecule has 0 saturated heterocycles. The van der Waals surface area contributed by atoms with E-state index in [1.165, 1.54) is 34.1 Å². The highest BCUT2D eigenvalue weighted by Crippen LogP contribution is 2.33. The van der Waals surface area contributed by atoms with Gasteiger partial charge in [0.2, 0.25) is 0 Å². The lowest BCUT2D eigenvalue weighted by Crippen LogP contribution is -2.32. The fraction of sp³-hybridized carbons (Fsp3) is 0.250. The number of aromatic nitrogens is 1. The molecule has 4 rings (SSSR count). The maximum Gasteiger partial charge on any atom is 0.0665 e. The molecule has 4 heteroatoms. The van der Waals surface area contributed by atoms with Crippen LogP contribution in [-0.2, 0) is 12.8 Å². The van der Waals surface area contributed by atoms with Gasteiger partial charge in [-0.1, -0.05) is 48.0 Å². The van der Waals surface area contributed by atoms with Crippen LogP contribution in [-0.4, -0.2) is 18.1 Å². The van der Waals surface area contributed by atoms with Crippen molar-refractivity contribution >= 4 is 40.5 Å². The molecule has 24 heavy (non-hydrogen) atoms. The predicted octanol–water partition coefficient (Wildman–Crippen LogP) is 5.31. The van der Waals surface area contributed by atoms with Gasteiger partial charge in [0.15, 0.2) is 0 Å². The van der Waals surface area contributed by atoms with Crippen molar-refractivity contribution in [3.8, 4) is 0 Å². The molecular formula is C20H20Cl2N2. The Bertz CT molecular complexity index is 831. The van der Waals surface area contributed by atoms with E-state index in [0.29, 0.717) is 0 Å². The third kappa shape index (κ3) is 3.35. The van der Waals surface area contributed by atoms with Gasteiger partial charge in [-0.15, -0.1) is 12.4 Å². The molecule has 2 heterocycles. The number of hydrogen-bond donors (Lipinski definition) is 0. The summed E-state index contributed by atoms with van der Waals surface area (Å²) >= 11 is 5.97. The average molecular weight is 359 g/mol. The van der Waals surface area contributed by atoms with Crippen LogP contribution >= 0.6 is 24.0 Å². The summed E-state index contributed by atoms with van der Waals surface area (Å²) in [5.41, 5.74) is 3.91. The van der Waals surface area contributed by atoms with Gasteiger partial charge in [0.05, 0.1) is 11.4 Å². The first kappa shape index (κ1) is 17.1. The number of halogens is 2. The van der Waals surface area contributed by atoms with Crippen molar-refractivity contribution in [3.05, 3.63) is 71.0 Å². The fourth-order valence-corrected chi connectivity index (χ4v) is 3.54. The minimum atomic E-state index is 0. The fourth-order valence-electron chi connectivity index (χ4n) is 3.41. The van der Waals surface area contributed by atoms with Gasteiger partial charge in [0.25, 0.3) is 0 Å². The first-order valence-electron chi connectivity index (χ1n) is 8.17. The molecule has 0 N–H and O–H groups in total. The molecule has 0 unspecified atom stereocenters. The quantitative estimate of drug-likeness (QED) is 0.630. The second-order valence-electron chi connectivity index (χ2n) is 6.11. The largest absolute Gasteiger partial charge is 0.369 e. The minimum Gasteiger partial charge on any atom is -0.369 e. The lowest BCUT2D eigenvalue weighted by Gasteiger charge is -2.32. The van der Waals surface area contributed by atoms with Gasteiger partial charge in [0, 0.05) is 35.1 Å². The molecule has 0 bridgehead atoms. The van der Waals surface area contributed by atoms with Gasteiger partial charge in [0.1, 0.15) is 0 Å². The van der Waals surface area contributed by atoms with Gasteiger partial charge in [-0.25, -0.2) is 0 Å². The molecule has 2 aromatic carbocycles. The van der Waals surface area contributed by atoms with Gasteiger partial charge < -0.3 is 4.90 Å². The molecule has 1 aliphatic rings. The second kappa shape index (κ2) is 7.42. The Hall–Kier alpha value is -1.77. The normalized spacial score (nSPS) is 13.5. The molecule has 0 fully saturated rings. The summed E-state index contributed by atoms with van der Waals surface area (Å²) in [7, 11) is 0. The number of pyridine rings is 1. The van der Waals surface area contributed by atoms with Crippen molar-refractivity contribution in [1.29, 1.82) is 0 Å². The van der Waals surface area contributed by atoms with Crippen molar-refractivity contribution in [1.82, 2.24) is 4.98 Å². The van der Waals surface area contributed by atoms with Gasteiger partial charge >= 0.3 is 0 Å². The van der Waals surface area contributed by atoms with E-state index in [1.54, 1.807) is 0 Å². The van der Waals surface area contributed by atoms with Crippen molar-refractivity contribution in [2.45, 2.75) is 19.3 Å². The molecule has 0 radical (unpaired) electrons. The number of aryl methyl sites for hydroxylation is 1. The van der Waals surface area contributed by atoms with Gasteiger partial charge in [-0.2, -0.15) is 0 Å². The van der Waals surface area contributed by atoms with Crippen LogP contribution in [0.1, 0.15) is 17.7 Å². The minimum absolute atomic E-state index is 0. The van der Waals surface area contributed by atoms with E-state index in [9.17, 15) is 0 Å². The van der Waals surface area contributed by atoms with Gasteiger partial charge in [-0.3, -0.25) is 4.98 Å². The number of benzene rings is 2. The SMILES string of the molecule is Cl.Clc1ccc(CCN2CCCc3ncc4ccccc4c32)cc1. The molecule has 1 aliphatic heterocycles. The van der Waals surface area contributed by atoms with Crippen LogP contribution in [0.25, 0.3) is 10.8 Å². The van der Waals surface area contributed by atoms with E-state index >= 15 is 0 Å². The van der Waals surface area contributed by atoms with Crippen LogP contribution in [0.15, 0.2) is 54.7 Å². The maximum absolute atomic E-state index is 5.97. The maximum atomic E-state index is 5.97. The Morgan fingerprint density at radius 2 is 1.83 bits per heavy atom. The summed E-state index contributed by atoms with van der Waals surface area (Å²) in [6.45, 7) is 2.13. The molecule has 1 aromatic heterocycles. The van der Waals surface area contributed by atoms with Gasteiger partial charge in [-0.05, 0) is 37.0 Å². The lowest BCUT2D eigenvalue weighted by atomic mass is 10.0. The number of fused-ring (bicyclic) bond motifs is 3. The molecular weight excluding hydrogens is 339 g/mol. The number of hydrogen-bond acceptors (Lipinski definition) is 2. The van der Waals surface area contributed by atoms with Crippen LogP contribution < -0.4 is 4.90 Å². The highest BCUT2D eigenvalue weighted by Gasteiger charge is 2.20. The zero-order valence-corrected chi connectivity index (χ0v) is 15.0. The van der Waals surface area contributed by atoms with Crippen LogP contribution in [0.2, 0.25) is 5.02 Å². The zero-order valence-electron chi connectivity index (χ0n) is 13.4. The molecule has 0 aliphatic carbocycles. The molecule has 0 amide bonds. The van der Waals surface area contributed by atoms with E-state index in [4.69, 9.17) is 16.6 Å². The summed E-state index contributed by atoms with van der Waals surface area (Å²) in [4.78, 5) is 7.21. The Morgan fingerprint density at radius 3 is 2.67 bits per heavy atom. The highest BCUT2D eigenvalue weighted by molar-refractivity contribution is 6.30. The Kier molecular flexibility index (Phi) is 5.27. The van der Waals surface area contributed by atoms with Crippen molar-refractivity contribution in [2.24, 2.45) is 0 Å². The highest BCUT2D eigenvalue weighted by atomic mass is 35.5. The average Bonchev–Trinajstić information content (AvgIpc) is 2.61. The molecule has 0 atom stereocenters. The topological polar surface area (TPSA) is 16.1 Å². The van der Waals surface area contributed by atoms with E-state index < -0.39 is 0 Å². The zero-order chi connectivity index (χ0) is 15.6. The third-order valence-corrected chi connectivity index (χ3v) is 4.84. The van der Waals surface area contributed by atoms with Crippen LogP contribution in [0.5, 0.6) is 0 Å². The van der Waals surface area contributed by atoms with E-state index in [-0.39, 0.29) is 12.4 Å². The van der Waals surface area contributed by atoms with E-state index in [1.807, 2.05) is 18.3 Å². The first-order valence-corrected chi connectivity index (χ1v) is 8.55. The molecule has 2 nitrogen and oxygen atoms in total. The molecule has 0 spiro atoms. The van der Waals surface area contributed by atoms with E-state index in [0.717, 1.165) is 31.0 Å². The standard InChI is InChI=1S/C20H19ClN2.ClH/c21-17-9-7-15(8-10-17)11-13-23-12-3-6-19-20(23)18-5-2-1-4-16(18)14-22-19;/h1-2,4-5,7-10,14H,3,6,11-13H2;1H. The van der Waals surface area contributed by atoms with Crippen molar-refractivity contribution in [3.63, 3.8) is 0 Å². The molecule has 0 saturated carbocycles. The summed E-state index contributed by atoms with van der Waals surface area (Å²) in [6, 6.07) is 16.7. The van der Waals surface area contributed by atoms with E-state index in [2.05, 4.69) is 41.3 Å². The predicted molar refractivity (Wildman–Crippen MR) is 105 cm³/mol.